The largest absolute Gasteiger partial charge is 0.377 e. The van der Waals surface area contributed by atoms with E-state index in [9.17, 15) is 0 Å². The predicted molar refractivity (Wildman–Crippen MR) is 29.7 cm³/mol. The van der Waals surface area contributed by atoms with Crippen LogP contribution in [0.5, 0.6) is 0 Å². The Kier molecular flexibility index (Phi) is 3.09. The Labute approximate surface area is 43.7 Å². The normalized spacial score (nSPS) is 13.9. The molecule has 0 heterocycles. The van der Waals surface area contributed by atoms with Crippen LogP contribution in [0.4, 0.5) is 0 Å². The van der Waals surface area contributed by atoms with E-state index >= 15 is 0 Å². The molecule has 0 unspecified atom stereocenters. The molecule has 0 amide bonds. The standard InChI is InChI=1S/C6H8O/c1-3-5-6(7)4-2/h2-3,5-7H,1H3/b5-3+/t6-/m0/s1. The molecular weight excluding hydrogens is 88.1 g/mol. The minimum atomic E-state index is -0.704. The zero-order valence-electron chi connectivity index (χ0n) is 4.26. The van der Waals surface area contributed by atoms with Crippen LogP contribution < -0.4 is 0 Å². The Morgan fingerprint density at radius 1 is 1.86 bits per heavy atom. The Morgan fingerprint density at radius 3 is 2.57 bits per heavy atom. The van der Waals surface area contributed by atoms with Crippen molar-refractivity contribution in [1.82, 2.24) is 0 Å². The lowest BCUT2D eigenvalue weighted by Crippen LogP contribution is -1.94. The molecule has 0 rings (SSSR count). The topological polar surface area (TPSA) is 20.2 Å². The maximum Gasteiger partial charge on any atom is 0.133 e. The van der Waals surface area contributed by atoms with Crippen molar-refractivity contribution in [3.8, 4) is 12.3 Å². The molecule has 1 N–H and O–H groups in total. The highest BCUT2D eigenvalue weighted by molar-refractivity contribution is 5.04. The van der Waals surface area contributed by atoms with Crippen LogP contribution in [0.15, 0.2) is 12.2 Å². The first-order valence-corrected chi connectivity index (χ1v) is 2.08. The van der Waals surface area contributed by atoms with Crippen LogP contribution in [0, 0.1) is 12.3 Å². The second kappa shape index (κ2) is 3.45. The van der Waals surface area contributed by atoms with Crippen LogP contribution in [0.2, 0.25) is 0 Å². The average molecular weight is 96.1 g/mol. The highest BCUT2D eigenvalue weighted by atomic mass is 16.3. The van der Waals surface area contributed by atoms with E-state index in [1.807, 2.05) is 0 Å². The molecule has 0 fully saturated rings. The van der Waals surface area contributed by atoms with Gasteiger partial charge in [0.2, 0.25) is 0 Å². The molecule has 0 aliphatic rings. The summed E-state index contributed by atoms with van der Waals surface area (Å²) in [7, 11) is 0. The van der Waals surface area contributed by atoms with Gasteiger partial charge in [-0.15, -0.1) is 6.42 Å². The fourth-order valence-corrected chi connectivity index (χ4v) is 0.238. The Hall–Kier alpha value is -0.740. The number of allylic oxidation sites excluding steroid dienone is 1. The van der Waals surface area contributed by atoms with Gasteiger partial charge in [-0.3, -0.25) is 0 Å². The smallest absolute Gasteiger partial charge is 0.133 e. The van der Waals surface area contributed by atoms with Crippen molar-refractivity contribution in [2.75, 3.05) is 0 Å². The number of aliphatic hydroxyl groups is 1. The molecule has 1 atom stereocenters. The SMILES string of the molecule is C#C[C@H](O)/C=C/C. The Morgan fingerprint density at radius 2 is 2.43 bits per heavy atom. The summed E-state index contributed by atoms with van der Waals surface area (Å²) in [6, 6.07) is 0. The number of hydrogen-bond acceptors (Lipinski definition) is 1. The van der Waals surface area contributed by atoms with E-state index in [-0.39, 0.29) is 0 Å². The lowest BCUT2D eigenvalue weighted by atomic mass is 10.3. The Bertz CT molecular complexity index is 97.2. The lowest BCUT2D eigenvalue weighted by Gasteiger charge is -1.87. The van der Waals surface area contributed by atoms with E-state index in [0.717, 1.165) is 0 Å². The van der Waals surface area contributed by atoms with Gasteiger partial charge >= 0.3 is 0 Å². The third-order valence-corrected chi connectivity index (χ3v) is 0.546. The van der Waals surface area contributed by atoms with Gasteiger partial charge < -0.3 is 5.11 Å². The molecular formula is C6H8O. The molecule has 0 aromatic rings. The lowest BCUT2D eigenvalue weighted by molar-refractivity contribution is 0.281. The molecule has 7 heavy (non-hydrogen) atoms. The number of terminal acetylenes is 1. The molecule has 0 spiro atoms. The average Bonchev–Trinajstić information content (AvgIpc) is 1.68. The van der Waals surface area contributed by atoms with Crippen molar-refractivity contribution in [1.29, 1.82) is 0 Å². The number of aliphatic hydroxyl groups excluding tert-OH is 1. The molecule has 0 aliphatic heterocycles. The highest BCUT2D eigenvalue weighted by Gasteiger charge is 1.83. The van der Waals surface area contributed by atoms with Gasteiger partial charge in [-0.25, -0.2) is 0 Å². The van der Waals surface area contributed by atoms with Gasteiger partial charge in [-0.05, 0) is 13.0 Å². The third kappa shape index (κ3) is 3.08. The summed E-state index contributed by atoms with van der Waals surface area (Å²) in [5.41, 5.74) is 0. The van der Waals surface area contributed by atoms with Crippen molar-refractivity contribution in [3.63, 3.8) is 0 Å². The van der Waals surface area contributed by atoms with Crippen molar-refractivity contribution < 1.29 is 5.11 Å². The molecule has 0 aromatic heterocycles. The van der Waals surface area contributed by atoms with Crippen molar-refractivity contribution in [3.05, 3.63) is 12.2 Å². The van der Waals surface area contributed by atoms with Crippen molar-refractivity contribution >= 4 is 0 Å². The summed E-state index contributed by atoms with van der Waals surface area (Å²) in [5.74, 6) is 2.13. The van der Waals surface area contributed by atoms with Crippen LogP contribution in [0.1, 0.15) is 6.92 Å². The summed E-state index contributed by atoms with van der Waals surface area (Å²) in [6.07, 6.45) is 7.36. The van der Waals surface area contributed by atoms with Gasteiger partial charge in [0, 0.05) is 0 Å². The zero-order chi connectivity index (χ0) is 5.70. The maximum atomic E-state index is 8.54. The molecule has 0 aromatic carbocycles. The summed E-state index contributed by atoms with van der Waals surface area (Å²) in [4.78, 5) is 0. The van der Waals surface area contributed by atoms with Gasteiger partial charge in [0.1, 0.15) is 6.10 Å². The highest BCUT2D eigenvalue weighted by Crippen LogP contribution is 1.79. The summed E-state index contributed by atoms with van der Waals surface area (Å²) in [5, 5.41) is 8.54. The molecule has 0 bridgehead atoms. The molecule has 0 radical (unpaired) electrons. The molecule has 0 saturated heterocycles. The zero-order valence-corrected chi connectivity index (χ0v) is 4.26. The first kappa shape index (κ1) is 6.26. The first-order chi connectivity index (χ1) is 3.31. The molecule has 0 saturated carbocycles. The van der Waals surface area contributed by atoms with Gasteiger partial charge in [-0.2, -0.15) is 0 Å². The predicted octanol–water partition coefficient (Wildman–Crippen LogP) is 0.557. The monoisotopic (exact) mass is 96.1 g/mol. The van der Waals surface area contributed by atoms with Crippen LogP contribution in [-0.4, -0.2) is 11.2 Å². The van der Waals surface area contributed by atoms with Crippen molar-refractivity contribution in [2.24, 2.45) is 0 Å². The van der Waals surface area contributed by atoms with Crippen LogP contribution in [-0.2, 0) is 0 Å². The van der Waals surface area contributed by atoms with Crippen LogP contribution >= 0.6 is 0 Å². The summed E-state index contributed by atoms with van der Waals surface area (Å²) >= 11 is 0. The van der Waals surface area contributed by atoms with E-state index in [1.165, 1.54) is 0 Å². The third-order valence-electron chi connectivity index (χ3n) is 0.546. The second-order valence-electron chi connectivity index (χ2n) is 1.14. The molecule has 1 heteroatoms. The second-order valence-corrected chi connectivity index (χ2v) is 1.14. The van der Waals surface area contributed by atoms with E-state index < -0.39 is 6.10 Å². The first-order valence-electron chi connectivity index (χ1n) is 2.08. The van der Waals surface area contributed by atoms with Gasteiger partial charge in [0.15, 0.2) is 0 Å². The Balaban J connectivity index is 3.42. The molecule has 38 valence electrons. The minimum absolute atomic E-state index is 0.704. The van der Waals surface area contributed by atoms with E-state index in [4.69, 9.17) is 11.5 Å². The maximum absolute atomic E-state index is 8.54. The fraction of sp³-hybridized carbons (Fsp3) is 0.333. The van der Waals surface area contributed by atoms with Gasteiger partial charge in [0.05, 0.1) is 0 Å². The number of hydrogen-bond donors (Lipinski definition) is 1. The minimum Gasteiger partial charge on any atom is -0.377 e. The molecule has 0 aliphatic carbocycles. The van der Waals surface area contributed by atoms with E-state index in [0.29, 0.717) is 0 Å². The van der Waals surface area contributed by atoms with E-state index in [2.05, 4.69) is 5.92 Å². The van der Waals surface area contributed by atoms with Crippen molar-refractivity contribution in [2.45, 2.75) is 13.0 Å². The quantitative estimate of drug-likeness (QED) is 0.373. The number of rotatable bonds is 1. The summed E-state index contributed by atoms with van der Waals surface area (Å²) < 4.78 is 0. The summed E-state index contributed by atoms with van der Waals surface area (Å²) in [6.45, 7) is 1.81. The van der Waals surface area contributed by atoms with Gasteiger partial charge in [-0.1, -0.05) is 12.0 Å². The van der Waals surface area contributed by atoms with Gasteiger partial charge in [0.25, 0.3) is 0 Å². The van der Waals surface area contributed by atoms with E-state index in [1.54, 1.807) is 19.1 Å². The van der Waals surface area contributed by atoms with Crippen LogP contribution in [0.25, 0.3) is 0 Å². The fourth-order valence-electron chi connectivity index (χ4n) is 0.238. The molecule has 1 nitrogen and oxygen atoms in total. The van der Waals surface area contributed by atoms with Crippen LogP contribution in [0.3, 0.4) is 0 Å².